The van der Waals surface area contributed by atoms with E-state index in [0.717, 1.165) is 5.56 Å². The smallest absolute Gasteiger partial charge is 0.274 e. The van der Waals surface area contributed by atoms with Crippen LogP contribution < -0.4 is 5.59 Å². The molecule has 0 aliphatic carbocycles. The number of nitrogens with one attached hydrogen (secondary N) is 1. The summed E-state index contributed by atoms with van der Waals surface area (Å²) < 4.78 is 0. The summed E-state index contributed by atoms with van der Waals surface area (Å²) in [5, 5.41) is 10.7. The van der Waals surface area contributed by atoms with Gasteiger partial charge in [-0.25, -0.2) is 4.84 Å². The molecule has 0 aliphatic heterocycles. The van der Waals surface area contributed by atoms with Crippen LogP contribution in [0.2, 0.25) is 0 Å². The molecular formula is C12H19ClN3O3+. The SMILES string of the molecule is CC(Cl)ON[N+](=O)N(C)[C@H](CO)Cc1ccccc1. The van der Waals surface area contributed by atoms with Gasteiger partial charge < -0.3 is 5.11 Å². The third kappa shape index (κ3) is 5.42. The van der Waals surface area contributed by atoms with E-state index in [2.05, 4.69) is 5.59 Å². The first-order chi connectivity index (χ1) is 9.04. The maximum absolute atomic E-state index is 11.7. The molecule has 2 atom stereocenters. The first-order valence-electron chi connectivity index (χ1n) is 5.94. The molecule has 19 heavy (non-hydrogen) atoms. The Bertz CT molecular complexity index is 389. The maximum Gasteiger partial charge on any atom is 0.274 e. The minimum absolute atomic E-state index is 0.151. The fourth-order valence-electron chi connectivity index (χ4n) is 1.53. The van der Waals surface area contributed by atoms with Crippen LogP contribution in [0.1, 0.15) is 12.5 Å². The second-order valence-electron chi connectivity index (χ2n) is 4.12. The summed E-state index contributed by atoms with van der Waals surface area (Å²) in [6.07, 6.45) is 0.546. The summed E-state index contributed by atoms with van der Waals surface area (Å²) in [5.41, 5.74) is 2.55. The second-order valence-corrected chi connectivity index (χ2v) is 4.74. The van der Waals surface area contributed by atoms with Crippen molar-refractivity contribution in [2.45, 2.75) is 24.9 Å². The van der Waals surface area contributed by atoms with E-state index in [0.29, 0.717) is 11.4 Å². The van der Waals surface area contributed by atoms with Gasteiger partial charge in [0.2, 0.25) is 0 Å². The fourth-order valence-corrected chi connectivity index (χ4v) is 1.57. The monoisotopic (exact) mass is 288 g/mol. The van der Waals surface area contributed by atoms with Gasteiger partial charge in [-0.15, -0.1) is 5.01 Å². The molecule has 106 valence electrons. The summed E-state index contributed by atoms with van der Waals surface area (Å²) in [5.74, 6) is 0. The van der Waals surface area contributed by atoms with E-state index in [4.69, 9.17) is 16.4 Å². The van der Waals surface area contributed by atoms with E-state index in [1.807, 2.05) is 30.3 Å². The molecule has 1 aromatic rings. The van der Waals surface area contributed by atoms with Gasteiger partial charge in [-0.05, 0) is 12.5 Å². The van der Waals surface area contributed by atoms with Crippen LogP contribution in [-0.2, 0) is 11.3 Å². The average Bonchev–Trinajstić information content (AvgIpc) is 2.42. The van der Waals surface area contributed by atoms with Crippen LogP contribution in [-0.4, -0.2) is 40.4 Å². The van der Waals surface area contributed by atoms with Crippen LogP contribution in [0.15, 0.2) is 30.3 Å². The molecule has 0 spiro atoms. The molecule has 0 saturated carbocycles. The van der Waals surface area contributed by atoms with Gasteiger partial charge >= 0.3 is 0 Å². The molecule has 0 aliphatic rings. The Morgan fingerprint density at radius 2 is 2.11 bits per heavy atom. The zero-order chi connectivity index (χ0) is 14.3. The predicted molar refractivity (Wildman–Crippen MR) is 71.9 cm³/mol. The molecule has 0 saturated heterocycles. The first kappa shape index (κ1) is 15.7. The Morgan fingerprint density at radius 3 is 2.63 bits per heavy atom. The summed E-state index contributed by atoms with van der Waals surface area (Å²) in [6.45, 7) is 1.43. The number of aliphatic hydroxyl groups is 1. The van der Waals surface area contributed by atoms with Gasteiger partial charge in [0.15, 0.2) is 5.56 Å². The number of halogens is 1. The highest BCUT2D eigenvalue weighted by Crippen LogP contribution is 2.07. The van der Waals surface area contributed by atoms with E-state index in [9.17, 15) is 10.0 Å². The van der Waals surface area contributed by atoms with Crippen molar-refractivity contribution in [2.24, 2.45) is 0 Å². The van der Waals surface area contributed by atoms with E-state index >= 15 is 0 Å². The van der Waals surface area contributed by atoms with Crippen LogP contribution >= 0.6 is 11.6 Å². The van der Waals surface area contributed by atoms with Gasteiger partial charge in [-0.2, -0.15) is 0 Å². The molecule has 0 amide bonds. The van der Waals surface area contributed by atoms with E-state index in [1.54, 1.807) is 14.0 Å². The molecule has 1 rings (SSSR count). The highest BCUT2D eigenvalue weighted by molar-refractivity contribution is 6.19. The van der Waals surface area contributed by atoms with Gasteiger partial charge in [0.25, 0.3) is 4.98 Å². The highest BCUT2D eigenvalue weighted by atomic mass is 35.5. The minimum atomic E-state index is -0.633. The number of alkyl halides is 1. The number of hydrogen-bond donors (Lipinski definition) is 2. The standard InChI is InChI=1S/C12H19ClN3O3/c1-10(13)19-14-16(18)15(2)12(9-17)8-11-6-4-3-5-7-11/h3-7,10,12,17H,8-9H2,1-2H3,(H,14,18)/q+1/t10?,12-/m0/s1. The van der Waals surface area contributed by atoms with Crippen molar-refractivity contribution in [3.8, 4) is 0 Å². The Labute approximate surface area is 117 Å². The lowest BCUT2D eigenvalue weighted by atomic mass is 10.1. The molecule has 6 nitrogen and oxygen atoms in total. The van der Waals surface area contributed by atoms with Crippen molar-refractivity contribution in [3.05, 3.63) is 40.8 Å². The van der Waals surface area contributed by atoms with Crippen molar-refractivity contribution >= 4 is 11.6 Å². The summed E-state index contributed by atoms with van der Waals surface area (Å²) in [7, 11) is 1.56. The Balaban J connectivity index is 2.56. The second kappa shape index (κ2) is 7.93. The number of benzene rings is 1. The zero-order valence-corrected chi connectivity index (χ0v) is 11.7. The lowest BCUT2D eigenvalue weighted by Crippen LogP contribution is -2.48. The quantitative estimate of drug-likeness (QED) is 0.428. The Hall–Kier alpha value is -1.37. The van der Waals surface area contributed by atoms with Crippen LogP contribution in [0, 0.1) is 4.91 Å². The first-order valence-corrected chi connectivity index (χ1v) is 6.38. The van der Waals surface area contributed by atoms with Crippen LogP contribution in [0.5, 0.6) is 0 Å². The molecule has 7 heteroatoms. The normalized spacial score (nSPS) is 13.7. The zero-order valence-electron chi connectivity index (χ0n) is 11.0. The van der Waals surface area contributed by atoms with E-state index in [1.165, 1.54) is 5.01 Å². The molecular weight excluding hydrogens is 270 g/mol. The summed E-state index contributed by atoms with van der Waals surface area (Å²) >= 11 is 5.55. The fraction of sp³-hybridized carbons (Fsp3) is 0.500. The number of rotatable bonds is 8. The lowest BCUT2D eigenvalue weighted by molar-refractivity contribution is -0.791. The molecule has 0 bridgehead atoms. The number of hydrogen-bond acceptors (Lipinski definition) is 3. The highest BCUT2D eigenvalue weighted by Gasteiger charge is 2.26. The number of nitroso groups, excluding NO2 is 1. The number of nitrogens with zero attached hydrogens (tertiary/aromatic N) is 2. The summed E-state index contributed by atoms with van der Waals surface area (Å²) in [4.78, 5) is 16.9. The van der Waals surface area contributed by atoms with Gasteiger partial charge in [0, 0.05) is 12.0 Å². The number of hydrazine groups is 2. The molecule has 1 aromatic carbocycles. The minimum Gasteiger partial charge on any atom is -0.394 e. The van der Waals surface area contributed by atoms with Crippen LogP contribution in [0.25, 0.3) is 0 Å². The molecule has 0 fully saturated rings. The number of aliphatic hydroxyl groups excluding tert-OH is 1. The van der Waals surface area contributed by atoms with Gasteiger partial charge in [0.1, 0.15) is 6.04 Å². The van der Waals surface area contributed by atoms with E-state index in [-0.39, 0.29) is 12.6 Å². The Morgan fingerprint density at radius 1 is 1.47 bits per heavy atom. The van der Waals surface area contributed by atoms with Crippen LogP contribution in [0.4, 0.5) is 0 Å². The molecule has 0 radical (unpaired) electrons. The van der Waals surface area contributed by atoms with Crippen molar-refractivity contribution in [1.82, 2.24) is 10.6 Å². The van der Waals surface area contributed by atoms with Gasteiger partial charge in [-0.1, -0.05) is 41.9 Å². The molecule has 0 heterocycles. The van der Waals surface area contributed by atoms with Gasteiger partial charge in [0.05, 0.1) is 18.6 Å². The average molecular weight is 289 g/mol. The van der Waals surface area contributed by atoms with Gasteiger partial charge in [-0.3, -0.25) is 0 Å². The third-order valence-corrected chi connectivity index (χ3v) is 2.72. The Kier molecular flexibility index (Phi) is 6.55. The van der Waals surface area contributed by atoms with Crippen molar-refractivity contribution in [3.63, 3.8) is 0 Å². The topological polar surface area (TPSA) is 64.8 Å². The molecule has 0 aromatic heterocycles. The maximum atomic E-state index is 11.7. The largest absolute Gasteiger partial charge is 0.394 e. The molecule has 2 N–H and O–H groups in total. The summed E-state index contributed by atoms with van der Waals surface area (Å²) in [6, 6.07) is 9.26. The number of likely N-dealkylation sites (N-methyl/N-ethyl adjacent to an activating group) is 1. The van der Waals surface area contributed by atoms with Crippen LogP contribution in [0.3, 0.4) is 0 Å². The third-order valence-electron chi connectivity index (χ3n) is 2.63. The van der Waals surface area contributed by atoms with E-state index < -0.39 is 5.56 Å². The molecule has 1 unspecified atom stereocenters. The van der Waals surface area contributed by atoms with Crippen molar-refractivity contribution in [2.75, 3.05) is 13.7 Å². The van der Waals surface area contributed by atoms with Crippen molar-refractivity contribution < 1.29 is 14.9 Å². The lowest BCUT2D eigenvalue weighted by Gasteiger charge is -2.18. The van der Waals surface area contributed by atoms with Crippen molar-refractivity contribution in [1.29, 1.82) is 0 Å². The predicted octanol–water partition coefficient (Wildman–Crippen LogP) is 1.24.